The van der Waals surface area contributed by atoms with Gasteiger partial charge in [-0.15, -0.1) is 10.2 Å². The van der Waals surface area contributed by atoms with Crippen molar-refractivity contribution in [3.63, 3.8) is 0 Å². The molecule has 0 saturated heterocycles. The Morgan fingerprint density at radius 3 is 2.41 bits per heavy atom. The molecule has 0 aliphatic rings. The summed E-state index contributed by atoms with van der Waals surface area (Å²) in [5.74, 6) is 0.995. The molecule has 0 spiro atoms. The summed E-state index contributed by atoms with van der Waals surface area (Å²) in [6, 6.07) is 15.1. The van der Waals surface area contributed by atoms with E-state index < -0.39 is 9.84 Å². The zero-order valence-electron chi connectivity index (χ0n) is 15.2. The van der Waals surface area contributed by atoms with Gasteiger partial charge in [0.1, 0.15) is 12.4 Å². The van der Waals surface area contributed by atoms with Crippen LogP contribution in [0, 0.1) is 6.92 Å². The van der Waals surface area contributed by atoms with Crippen LogP contribution < -0.4 is 4.74 Å². The molecule has 2 heterocycles. The first-order chi connectivity index (χ1) is 13.0. The zero-order valence-corrected chi connectivity index (χ0v) is 16.0. The topological polar surface area (TPSA) is 78.5 Å². The summed E-state index contributed by atoms with van der Waals surface area (Å²) in [5, 5.41) is 8.05. The van der Waals surface area contributed by atoms with Crippen LogP contribution in [0.15, 0.2) is 53.7 Å². The number of ether oxygens (including phenoxy) is 1. The summed E-state index contributed by atoms with van der Waals surface area (Å²) in [7, 11) is -3.66. The molecule has 2 aromatic heterocycles. The third-order valence-corrected chi connectivity index (χ3v) is 6.03. The lowest BCUT2D eigenvalue weighted by Crippen LogP contribution is -2.16. The van der Waals surface area contributed by atoms with Crippen LogP contribution in [0.3, 0.4) is 0 Å². The third kappa shape index (κ3) is 3.06. The maximum absolute atomic E-state index is 12.9. The van der Waals surface area contributed by atoms with Gasteiger partial charge in [-0.2, -0.15) is 0 Å². The van der Waals surface area contributed by atoms with E-state index in [1.807, 2.05) is 66.9 Å². The lowest BCUT2D eigenvalue weighted by atomic mass is 10.2. The highest BCUT2D eigenvalue weighted by molar-refractivity contribution is 7.91. The van der Waals surface area contributed by atoms with Crippen molar-refractivity contribution in [2.24, 2.45) is 0 Å². The summed E-state index contributed by atoms with van der Waals surface area (Å²) in [5.41, 5.74) is 2.82. The summed E-state index contributed by atoms with van der Waals surface area (Å²) >= 11 is 0. The van der Waals surface area contributed by atoms with Gasteiger partial charge in [-0.3, -0.25) is 0 Å². The molecule has 27 heavy (non-hydrogen) atoms. The van der Waals surface area contributed by atoms with Gasteiger partial charge in [0.15, 0.2) is 0 Å². The van der Waals surface area contributed by atoms with E-state index in [9.17, 15) is 8.42 Å². The molecule has 0 N–H and O–H groups in total. The molecule has 0 aliphatic carbocycles. The van der Waals surface area contributed by atoms with Crippen molar-refractivity contribution in [3.8, 4) is 5.75 Å². The largest absolute Gasteiger partial charge is 0.493 e. The van der Waals surface area contributed by atoms with Crippen molar-refractivity contribution in [1.82, 2.24) is 19.2 Å². The Morgan fingerprint density at radius 2 is 1.70 bits per heavy atom. The zero-order chi connectivity index (χ0) is 19.0. The number of fused-ring (bicyclic) bond motifs is 3. The normalized spacial score (nSPS) is 12.1. The van der Waals surface area contributed by atoms with Crippen molar-refractivity contribution in [1.29, 1.82) is 0 Å². The standard InChI is InChI=1S/C19H20N4O3S/c1-3-22-16-6-4-5-7-17(16)23-18(22)20-21-19(23)27(24,25)13-12-26-15-10-8-14(2)9-11-15/h4-11H,3,12-13H2,1-2H3. The molecule has 4 aromatic rings. The number of nitrogens with zero attached hydrogens (tertiary/aromatic N) is 4. The SMILES string of the molecule is CCn1c2ccccc2n2c(S(=O)(=O)CCOc3ccc(C)cc3)nnc12. The minimum atomic E-state index is -3.66. The first-order valence-corrected chi connectivity index (χ1v) is 10.4. The maximum Gasteiger partial charge on any atom is 0.256 e. The average Bonchev–Trinajstić information content (AvgIpc) is 3.21. The van der Waals surface area contributed by atoms with Gasteiger partial charge in [0.05, 0.1) is 16.8 Å². The minimum Gasteiger partial charge on any atom is -0.493 e. The lowest BCUT2D eigenvalue weighted by Gasteiger charge is -2.06. The van der Waals surface area contributed by atoms with Crippen molar-refractivity contribution >= 4 is 26.6 Å². The number of para-hydroxylation sites is 2. The van der Waals surface area contributed by atoms with E-state index in [4.69, 9.17) is 4.74 Å². The molecule has 140 valence electrons. The van der Waals surface area contributed by atoms with Crippen molar-refractivity contribution in [2.45, 2.75) is 25.5 Å². The predicted octanol–water partition coefficient (Wildman–Crippen LogP) is 2.87. The molecule has 0 saturated carbocycles. The fourth-order valence-electron chi connectivity index (χ4n) is 3.15. The molecule has 0 radical (unpaired) electrons. The van der Waals surface area contributed by atoms with Crippen LogP contribution in [0.25, 0.3) is 16.8 Å². The quantitative estimate of drug-likeness (QED) is 0.511. The second kappa shape index (κ2) is 6.70. The lowest BCUT2D eigenvalue weighted by molar-refractivity contribution is 0.340. The van der Waals surface area contributed by atoms with E-state index >= 15 is 0 Å². The number of aryl methyl sites for hydroxylation is 2. The molecule has 0 fully saturated rings. The highest BCUT2D eigenvalue weighted by Gasteiger charge is 2.25. The maximum atomic E-state index is 12.9. The molecule has 4 rings (SSSR count). The van der Waals surface area contributed by atoms with E-state index in [0.29, 0.717) is 18.1 Å². The van der Waals surface area contributed by atoms with Gasteiger partial charge in [-0.25, -0.2) is 12.8 Å². The highest BCUT2D eigenvalue weighted by Crippen LogP contribution is 2.23. The van der Waals surface area contributed by atoms with Gasteiger partial charge in [0, 0.05) is 6.54 Å². The van der Waals surface area contributed by atoms with E-state index in [0.717, 1.165) is 16.6 Å². The second-order valence-corrected chi connectivity index (χ2v) is 8.33. The molecule has 0 amide bonds. The summed E-state index contributed by atoms with van der Waals surface area (Å²) < 4.78 is 34.9. The number of hydrogen-bond acceptors (Lipinski definition) is 5. The molecule has 0 unspecified atom stereocenters. The third-order valence-electron chi connectivity index (χ3n) is 4.51. The smallest absolute Gasteiger partial charge is 0.256 e. The number of sulfone groups is 1. The number of rotatable bonds is 6. The van der Waals surface area contributed by atoms with Crippen LogP contribution in [0.4, 0.5) is 0 Å². The second-order valence-electron chi connectivity index (χ2n) is 6.33. The van der Waals surface area contributed by atoms with Crippen LogP contribution in [0.5, 0.6) is 5.75 Å². The fraction of sp³-hybridized carbons (Fsp3) is 0.263. The molecule has 7 nitrogen and oxygen atoms in total. The minimum absolute atomic E-state index is 0.0478. The van der Waals surface area contributed by atoms with Gasteiger partial charge >= 0.3 is 0 Å². The fourth-order valence-corrected chi connectivity index (χ4v) is 4.25. The molecule has 2 aromatic carbocycles. The van der Waals surface area contributed by atoms with Gasteiger partial charge in [-0.05, 0) is 38.1 Å². The Labute approximate surface area is 157 Å². The van der Waals surface area contributed by atoms with Crippen LogP contribution in [-0.4, -0.2) is 39.9 Å². The van der Waals surface area contributed by atoms with Crippen LogP contribution >= 0.6 is 0 Å². The van der Waals surface area contributed by atoms with Crippen molar-refractivity contribution in [2.75, 3.05) is 12.4 Å². The molecule has 0 atom stereocenters. The van der Waals surface area contributed by atoms with Gasteiger partial charge in [0.25, 0.3) is 5.16 Å². The summed E-state index contributed by atoms with van der Waals surface area (Å²) in [4.78, 5) is 0. The van der Waals surface area contributed by atoms with Crippen LogP contribution in [0.2, 0.25) is 0 Å². The number of hydrogen-bond donors (Lipinski definition) is 0. The first kappa shape index (κ1) is 17.5. The molecule has 8 heteroatoms. The van der Waals surface area contributed by atoms with E-state index in [1.54, 1.807) is 4.40 Å². The summed E-state index contributed by atoms with van der Waals surface area (Å²) in [6.45, 7) is 4.70. The van der Waals surface area contributed by atoms with Gasteiger partial charge in [0.2, 0.25) is 15.6 Å². The van der Waals surface area contributed by atoms with E-state index in [2.05, 4.69) is 10.2 Å². The number of imidazole rings is 1. The van der Waals surface area contributed by atoms with E-state index in [-0.39, 0.29) is 17.5 Å². The number of aromatic nitrogens is 4. The Bertz CT molecular complexity index is 1210. The first-order valence-electron chi connectivity index (χ1n) is 8.76. The molecular formula is C19H20N4O3S. The van der Waals surface area contributed by atoms with Gasteiger partial charge in [-0.1, -0.05) is 29.8 Å². The molecule has 0 aliphatic heterocycles. The molecule has 0 bridgehead atoms. The monoisotopic (exact) mass is 384 g/mol. The average molecular weight is 384 g/mol. The number of benzene rings is 2. The van der Waals surface area contributed by atoms with E-state index in [1.165, 1.54) is 0 Å². The Kier molecular flexibility index (Phi) is 4.35. The Hall–Kier alpha value is -2.87. The molecular weight excluding hydrogens is 364 g/mol. The van der Waals surface area contributed by atoms with Crippen LogP contribution in [0.1, 0.15) is 12.5 Å². The van der Waals surface area contributed by atoms with Crippen LogP contribution in [-0.2, 0) is 16.4 Å². The van der Waals surface area contributed by atoms with Crippen molar-refractivity contribution in [3.05, 3.63) is 54.1 Å². The van der Waals surface area contributed by atoms with Gasteiger partial charge < -0.3 is 9.30 Å². The Balaban J connectivity index is 1.65. The van der Waals surface area contributed by atoms with Crippen molar-refractivity contribution < 1.29 is 13.2 Å². The highest BCUT2D eigenvalue weighted by atomic mass is 32.2. The Morgan fingerprint density at radius 1 is 1.00 bits per heavy atom. The summed E-state index contributed by atoms with van der Waals surface area (Å²) in [6.07, 6.45) is 0. The predicted molar refractivity (Wildman–Crippen MR) is 103 cm³/mol.